The maximum Gasteiger partial charge on any atom is 0.309 e. The van der Waals surface area contributed by atoms with Crippen LogP contribution in [0.15, 0.2) is 25.3 Å². The number of nitrogens with zero attached hydrogens (tertiary/aromatic N) is 1. The van der Waals surface area contributed by atoms with Crippen LogP contribution in [-0.4, -0.2) is 59.7 Å². The average molecular weight is 614 g/mol. The Hall–Kier alpha value is -1.23. The predicted molar refractivity (Wildman–Crippen MR) is 181 cm³/mol. The van der Waals surface area contributed by atoms with Crippen molar-refractivity contribution in [3.05, 3.63) is 25.3 Å². The lowest BCUT2D eigenvalue weighted by Gasteiger charge is -2.40. The molecule has 1 fully saturated rings. The van der Waals surface area contributed by atoms with Crippen molar-refractivity contribution in [3.8, 4) is 0 Å². The van der Waals surface area contributed by atoms with Gasteiger partial charge in [0.2, 0.25) is 5.91 Å². The zero-order valence-electron chi connectivity index (χ0n) is 29.6. The first kappa shape index (κ1) is 41.9. The van der Waals surface area contributed by atoms with E-state index in [1.165, 1.54) is 12.2 Å². The van der Waals surface area contributed by atoms with Crippen molar-refractivity contribution in [2.75, 3.05) is 14.2 Å². The van der Waals surface area contributed by atoms with E-state index >= 15 is 0 Å². The number of hydroxylamine groups is 2. The molecule has 8 heteroatoms. The number of carbonyl (C=O) groups excluding carboxylic acids is 2. The number of hydrogen-bond donors (Lipinski definition) is 0. The van der Waals surface area contributed by atoms with Gasteiger partial charge in [0.15, 0.2) is 8.32 Å². The molecule has 1 rings (SSSR count). The molecule has 4 atom stereocenters. The maximum absolute atomic E-state index is 12.2. The molecule has 0 aromatic heterocycles. The van der Waals surface area contributed by atoms with Gasteiger partial charge in [-0.2, -0.15) is 0 Å². The maximum atomic E-state index is 12.2. The third kappa shape index (κ3) is 16.9. The summed E-state index contributed by atoms with van der Waals surface area (Å²) < 4.78 is 11.6. The zero-order valence-corrected chi connectivity index (χ0v) is 31.6. The summed E-state index contributed by atoms with van der Waals surface area (Å²) in [4.78, 5) is 28.1. The van der Waals surface area contributed by atoms with Gasteiger partial charge in [-0.25, -0.2) is 5.06 Å². The van der Waals surface area contributed by atoms with E-state index in [2.05, 4.69) is 87.4 Å². The molecule has 0 aromatic rings. The Kier molecular flexibility index (Phi) is 18.8. The number of cyclic esters (lactones) is 1. The number of hydrogen-bond acceptors (Lipinski definition) is 5. The summed E-state index contributed by atoms with van der Waals surface area (Å²) in [7, 11) is 0.447. The first-order valence-electron chi connectivity index (χ1n) is 15.4. The Morgan fingerprint density at radius 1 is 1.05 bits per heavy atom. The quantitative estimate of drug-likeness (QED) is 0.0949. The first-order chi connectivity index (χ1) is 18.4. The van der Waals surface area contributed by atoms with E-state index in [9.17, 15) is 9.59 Å². The molecule has 0 bridgehead atoms. The number of amides is 1. The lowest BCUT2D eigenvalue weighted by Crippen LogP contribution is -2.45. The predicted octanol–water partition coefficient (Wildman–Crippen LogP) is 9.42. The minimum atomic E-state index is -1.85. The monoisotopic (exact) mass is 613 g/mol. The van der Waals surface area contributed by atoms with E-state index in [0.29, 0.717) is 11.5 Å². The Morgan fingerprint density at radius 2 is 1.54 bits per heavy atom. The number of carbonyl (C=O) groups is 2. The normalized spacial score (nSPS) is 19.0. The molecule has 0 aromatic carbocycles. The third-order valence-electron chi connectivity index (χ3n) is 8.83. The van der Waals surface area contributed by atoms with E-state index in [0.717, 1.165) is 32.1 Å². The summed E-state index contributed by atoms with van der Waals surface area (Å²) in [5.41, 5.74) is 0. The lowest BCUT2D eigenvalue weighted by molar-refractivity contribution is -0.173. The number of ether oxygens (including phenoxy) is 1. The summed E-state index contributed by atoms with van der Waals surface area (Å²) in [6.45, 7) is 36.7. The highest BCUT2D eigenvalue weighted by atomic mass is 28.4. The highest BCUT2D eigenvalue weighted by Crippen LogP contribution is 2.38. The topological polar surface area (TPSA) is 65.1 Å². The van der Waals surface area contributed by atoms with E-state index in [1.54, 1.807) is 7.05 Å². The number of rotatable bonds is 12. The molecule has 2 unspecified atom stereocenters. The molecular formula is C33H67NO5Si2. The van der Waals surface area contributed by atoms with Crippen molar-refractivity contribution in [2.45, 2.75) is 149 Å². The van der Waals surface area contributed by atoms with E-state index in [-0.39, 0.29) is 41.0 Å². The minimum absolute atomic E-state index is 0.00932. The van der Waals surface area contributed by atoms with Crippen molar-refractivity contribution in [1.29, 1.82) is 0 Å². The molecule has 242 valence electrons. The Labute approximate surface area is 256 Å². The second-order valence-electron chi connectivity index (χ2n) is 15.1. The average Bonchev–Trinajstić information content (AvgIpc) is 3.15. The molecule has 1 amide bonds. The molecule has 1 saturated heterocycles. The standard InChI is InChI=1S/C17H35NO3Si.C9H14O2.C7H18Si/c1-10-11-12-15(21-22(8,9)17(3,4)5)13-14(2)16(19)18(6)20-7;1-3-4-5-8-6-7(2)9(10)11-8;1-7(2,3)8(4,5)6/h10,14-15H,1,11-13H2,2-9H3;3,7-8H,1,4-6H2,2H3;1-6H3/t14?,15-;7?,8-;/m11./s1. The fraction of sp³-hybridized carbons (Fsp3) is 0.818. The van der Waals surface area contributed by atoms with Crippen molar-refractivity contribution in [3.63, 3.8) is 0 Å². The van der Waals surface area contributed by atoms with Crippen LogP contribution in [0.25, 0.3) is 0 Å². The molecule has 6 nitrogen and oxygen atoms in total. The van der Waals surface area contributed by atoms with Gasteiger partial charge in [0.1, 0.15) is 6.10 Å². The van der Waals surface area contributed by atoms with Crippen LogP contribution in [-0.2, 0) is 23.6 Å². The summed E-state index contributed by atoms with van der Waals surface area (Å²) in [6.07, 6.45) is 9.28. The third-order valence-corrected chi connectivity index (χ3v) is 17.9. The molecule has 1 heterocycles. The van der Waals surface area contributed by atoms with Gasteiger partial charge < -0.3 is 9.16 Å². The molecular weight excluding hydrogens is 547 g/mol. The molecule has 41 heavy (non-hydrogen) atoms. The van der Waals surface area contributed by atoms with Crippen molar-refractivity contribution in [1.82, 2.24) is 5.06 Å². The first-order valence-corrected chi connectivity index (χ1v) is 21.8. The van der Waals surface area contributed by atoms with Gasteiger partial charge in [0, 0.05) is 27.1 Å². The Bertz CT molecular complexity index is 781. The van der Waals surface area contributed by atoms with Crippen molar-refractivity contribution >= 4 is 28.3 Å². The zero-order chi connectivity index (χ0) is 32.8. The van der Waals surface area contributed by atoms with Gasteiger partial charge in [-0.1, -0.05) is 87.2 Å². The molecule has 0 aliphatic carbocycles. The van der Waals surface area contributed by atoms with Crippen LogP contribution < -0.4 is 0 Å². The molecule has 0 radical (unpaired) electrons. The molecule has 0 N–H and O–H groups in total. The highest BCUT2D eigenvalue weighted by Gasteiger charge is 2.39. The van der Waals surface area contributed by atoms with Gasteiger partial charge >= 0.3 is 5.97 Å². The van der Waals surface area contributed by atoms with Crippen LogP contribution in [0.1, 0.15) is 93.9 Å². The van der Waals surface area contributed by atoms with Crippen LogP contribution in [0.2, 0.25) is 42.8 Å². The Morgan fingerprint density at radius 3 is 1.88 bits per heavy atom. The summed E-state index contributed by atoms with van der Waals surface area (Å²) in [5.74, 6) is -0.0710. The van der Waals surface area contributed by atoms with E-state index in [4.69, 9.17) is 14.0 Å². The fourth-order valence-corrected chi connectivity index (χ4v) is 4.72. The van der Waals surface area contributed by atoms with Gasteiger partial charge in [-0.3, -0.25) is 14.4 Å². The van der Waals surface area contributed by atoms with Crippen LogP contribution in [0.3, 0.4) is 0 Å². The van der Waals surface area contributed by atoms with Crippen LogP contribution in [0.5, 0.6) is 0 Å². The second-order valence-corrected chi connectivity index (χ2v) is 25.8. The lowest BCUT2D eigenvalue weighted by atomic mass is 10.00. The van der Waals surface area contributed by atoms with E-state index in [1.807, 2.05) is 26.0 Å². The summed E-state index contributed by atoms with van der Waals surface area (Å²) in [6, 6.07) is 0. The van der Waals surface area contributed by atoms with Crippen molar-refractivity contribution in [2.24, 2.45) is 11.8 Å². The van der Waals surface area contributed by atoms with Crippen molar-refractivity contribution < 1.29 is 23.6 Å². The van der Waals surface area contributed by atoms with E-state index < -0.39 is 16.4 Å². The van der Waals surface area contributed by atoms with Crippen LogP contribution in [0, 0.1) is 11.8 Å². The van der Waals surface area contributed by atoms with Crippen LogP contribution >= 0.6 is 0 Å². The Balaban J connectivity index is 0. The highest BCUT2D eigenvalue weighted by molar-refractivity contribution is 6.78. The van der Waals surface area contributed by atoms with Gasteiger partial charge in [-0.05, 0) is 61.7 Å². The number of esters is 1. The van der Waals surface area contributed by atoms with Gasteiger partial charge in [0.05, 0.1) is 13.0 Å². The van der Waals surface area contributed by atoms with Gasteiger partial charge in [0.25, 0.3) is 0 Å². The van der Waals surface area contributed by atoms with Crippen LogP contribution in [0.4, 0.5) is 0 Å². The molecule has 1 aliphatic rings. The SMILES string of the molecule is C=CCC[C@@H]1CC(C)C(=O)O1.C=CCC[C@H](CC(C)C(=O)N(C)OC)O[Si](C)(C)C(C)(C)C.CC(C)(C)[Si](C)(C)C. The second kappa shape index (κ2) is 18.4. The smallest absolute Gasteiger partial charge is 0.309 e. The summed E-state index contributed by atoms with van der Waals surface area (Å²) in [5, 5.41) is 2.03. The summed E-state index contributed by atoms with van der Waals surface area (Å²) >= 11 is 0. The fourth-order valence-electron chi connectivity index (χ4n) is 3.32. The minimum Gasteiger partial charge on any atom is -0.462 e. The largest absolute Gasteiger partial charge is 0.462 e. The molecule has 0 saturated carbocycles. The number of allylic oxidation sites excluding steroid dienone is 2. The molecule has 0 spiro atoms. The molecule has 1 aliphatic heterocycles. The van der Waals surface area contributed by atoms with Gasteiger partial charge in [-0.15, -0.1) is 13.2 Å².